The monoisotopic (exact) mass is 205 g/mol. The highest BCUT2D eigenvalue weighted by molar-refractivity contribution is 5.29. The molecule has 0 unspecified atom stereocenters. The van der Waals surface area contributed by atoms with Gasteiger partial charge in [0.25, 0.3) is 0 Å². The molecule has 0 amide bonds. The maximum Gasteiger partial charge on any atom is 0.350 e. The van der Waals surface area contributed by atoms with E-state index in [1.165, 1.54) is 4.68 Å². The van der Waals surface area contributed by atoms with Gasteiger partial charge in [0.15, 0.2) is 0 Å². The van der Waals surface area contributed by atoms with Crippen LogP contribution >= 0.6 is 0 Å². The second-order valence-electron chi connectivity index (χ2n) is 2.92. The lowest BCUT2D eigenvalue weighted by Crippen LogP contribution is -2.15. The van der Waals surface area contributed by atoms with Crippen LogP contribution in [0.4, 0.5) is 0 Å². The first kappa shape index (κ1) is 9.51. The minimum atomic E-state index is -0.301. The quantitative estimate of drug-likeness (QED) is 0.811. The van der Waals surface area contributed by atoms with Crippen LogP contribution in [0.25, 0.3) is 5.69 Å². The van der Waals surface area contributed by atoms with Gasteiger partial charge in [0.1, 0.15) is 0 Å². The van der Waals surface area contributed by atoms with E-state index in [2.05, 4.69) is 10.1 Å². The summed E-state index contributed by atoms with van der Waals surface area (Å²) in [4.78, 5) is 14.0. The lowest BCUT2D eigenvalue weighted by atomic mass is 10.3. The Hall–Kier alpha value is -2.04. The van der Waals surface area contributed by atoms with Crippen molar-refractivity contribution in [3.63, 3.8) is 0 Å². The van der Waals surface area contributed by atoms with Crippen LogP contribution in [0, 0.1) is 0 Å². The van der Waals surface area contributed by atoms with Crippen molar-refractivity contribution >= 4 is 0 Å². The molecule has 5 heteroatoms. The molecule has 1 aromatic heterocycles. The Balaban J connectivity index is 2.41. The Kier molecular flexibility index (Phi) is 2.53. The predicted molar refractivity (Wildman–Crippen MR) is 55.4 cm³/mol. The summed E-state index contributed by atoms with van der Waals surface area (Å²) in [5.41, 5.74) is 0.411. The van der Waals surface area contributed by atoms with E-state index >= 15 is 0 Å². The first-order valence-electron chi connectivity index (χ1n) is 4.69. The zero-order chi connectivity index (χ0) is 10.7. The summed E-state index contributed by atoms with van der Waals surface area (Å²) in [6, 6.07) is 9.42. The van der Waals surface area contributed by atoms with E-state index in [4.69, 9.17) is 4.74 Å². The molecule has 0 aliphatic rings. The van der Waals surface area contributed by atoms with Crippen LogP contribution in [0.1, 0.15) is 6.92 Å². The molecule has 0 aliphatic carbocycles. The number of nitrogens with one attached hydrogen (secondary N) is 1. The van der Waals surface area contributed by atoms with Crippen LogP contribution in [-0.4, -0.2) is 21.4 Å². The number of rotatable bonds is 3. The Labute approximate surface area is 86.3 Å². The number of aromatic amines is 1. The van der Waals surface area contributed by atoms with Gasteiger partial charge in [-0.15, -0.1) is 5.10 Å². The van der Waals surface area contributed by atoms with Gasteiger partial charge in [-0.05, 0) is 19.1 Å². The molecule has 0 saturated carbocycles. The third kappa shape index (κ3) is 1.90. The Bertz CT molecular complexity index is 487. The number of ether oxygens (including phenoxy) is 1. The van der Waals surface area contributed by atoms with Gasteiger partial charge >= 0.3 is 11.7 Å². The third-order valence-corrected chi connectivity index (χ3v) is 1.88. The summed E-state index contributed by atoms with van der Waals surface area (Å²) >= 11 is 0. The fourth-order valence-corrected chi connectivity index (χ4v) is 1.25. The van der Waals surface area contributed by atoms with E-state index in [1.54, 1.807) is 12.1 Å². The molecule has 0 bridgehead atoms. The first-order valence-corrected chi connectivity index (χ1v) is 4.69. The van der Waals surface area contributed by atoms with E-state index < -0.39 is 0 Å². The molecule has 2 aromatic rings. The largest absolute Gasteiger partial charge is 0.464 e. The zero-order valence-electron chi connectivity index (χ0n) is 8.30. The third-order valence-electron chi connectivity index (χ3n) is 1.88. The predicted octanol–water partition coefficient (Wildman–Crippen LogP) is 0.959. The van der Waals surface area contributed by atoms with Crippen molar-refractivity contribution in [2.75, 3.05) is 6.61 Å². The average Bonchev–Trinajstić information content (AvgIpc) is 2.61. The van der Waals surface area contributed by atoms with Crippen molar-refractivity contribution in [1.82, 2.24) is 14.8 Å². The van der Waals surface area contributed by atoms with Crippen LogP contribution in [-0.2, 0) is 0 Å². The molecule has 1 N–H and O–H groups in total. The summed E-state index contributed by atoms with van der Waals surface area (Å²) in [5.74, 6) is 0. The van der Waals surface area contributed by atoms with Crippen LogP contribution in [0.3, 0.4) is 0 Å². The summed E-state index contributed by atoms with van der Waals surface area (Å²) in [6.07, 6.45) is 0. The number of hydrogen-bond donors (Lipinski definition) is 1. The van der Waals surface area contributed by atoms with Gasteiger partial charge in [-0.2, -0.15) is 4.68 Å². The topological polar surface area (TPSA) is 59.9 Å². The summed E-state index contributed by atoms with van der Waals surface area (Å²) in [6.45, 7) is 2.31. The maximum absolute atomic E-state index is 11.5. The molecular weight excluding hydrogens is 194 g/mol. The van der Waals surface area contributed by atoms with E-state index in [0.717, 1.165) is 0 Å². The standard InChI is InChI=1S/C10H11N3O2/c1-2-15-9-11-10(14)13(12-9)8-6-4-3-5-7-8/h3-7H,2H2,1H3,(H,11,12,14). The van der Waals surface area contributed by atoms with Crippen LogP contribution in [0.15, 0.2) is 35.1 Å². The van der Waals surface area contributed by atoms with Gasteiger partial charge < -0.3 is 4.74 Å². The van der Waals surface area contributed by atoms with Gasteiger partial charge in [-0.25, -0.2) is 4.79 Å². The molecule has 0 radical (unpaired) electrons. The van der Waals surface area contributed by atoms with Crippen molar-refractivity contribution in [3.8, 4) is 11.7 Å². The van der Waals surface area contributed by atoms with Crippen LogP contribution < -0.4 is 10.4 Å². The highest BCUT2D eigenvalue weighted by Crippen LogP contribution is 2.04. The molecule has 0 atom stereocenters. The van der Waals surface area contributed by atoms with E-state index in [-0.39, 0.29) is 11.7 Å². The highest BCUT2D eigenvalue weighted by atomic mass is 16.5. The van der Waals surface area contributed by atoms with Gasteiger partial charge in [0.05, 0.1) is 12.3 Å². The van der Waals surface area contributed by atoms with Gasteiger partial charge in [-0.1, -0.05) is 18.2 Å². The Morgan fingerprint density at radius 2 is 2.13 bits per heavy atom. The Morgan fingerprint density at radius 1 is 1.40 bits per heavy atom. The van der Waals surface area contributed by atoms with Crippen molar-refractivity contribution < 1.29 is 4.74 Å². The number of aromatic nitrogens is 3. The maximum atomic E-state index is 11.5. The molecule has 15 heavy (non-hydrogen) atoms. The molecule has 0 fully saturated rings. The molecule has 0 aliphatic heterocycles. The lowest BCUT2D eigenvalue weighted by molar-refractivity contribution is 0.312. The number of nitrogens with zero attached hydrogens (tertiary/aromatic N) is 2. The molecule has 0 spiro atoms. The van der Waals surface area contributed by atoms with Crippen molar-refractivity contribution in [2.45, 2.75) is 6.92 Å². The molecule has 5 nitrogen and oxygen atoms in total. The molecule has 2 rings (SSSR count). The average molecular weight is 205 g/mol. The second-order valence-corrected chi connectivity index (χ2v) is 2.92. The molecular formula is C10H11N3O2. The summed E-state index contributed by atoms with van der Waals surface area (Å²) in [7, 11) is 0. The van der Waals surface area contributed by atoms with Gasteiger partial charge in [0, 0.05) is 0 Å². The van der Waals surface area contributed by atoms with Crippen LogP contribution in [0.5, 0.6) is 6.01 Å². The zero-order valence-corrected chi connectivity index (χ0v) is 8.30. The normalized spacial score (nSPS) is 10.2. The van der Waals surface area contributed by atoms with E-state index in [1.807, 2.05) is 25.1 Å². The molecule has 1 heterocycles. The minimum absolute atomic E-state index is 0.242. The summed E-state index contributed by atoms with van der Waals surface area (Å²) < 4.78 is 6.37. The van der Waals surface area contributed by atoms with E-state index in [0.29, 0.717) is 12.3 Å². The van der Waals surface area contributed by atoms with Gasteiger partial charge in [-0.3, -0.25) is 4.98 Å². The Morgan fingerprint density at radius 3 is 2.80 bits per heavy atom. The van der Waals surface area contributed by atoms with Crippen molar-refractivity contribution in [1.29, 1.82) is 0 Å². The minimum Gasteiger partial charge on any atom is -0.464 e. The fourth-order valence-electron chi connectivity index (χ4n) is 1.25. The smallest absolute Gasteiger partial charge is 0.350 e. The summed E-state index contributed by atoms with van der Waals surface area (Å²) in [5, 5.41) is 4.00. The first-order chi connectivity index (χ1) is 7.31. The van der Waals surface area contributed by atoms with Crippen LogP contribution in [0.2, 0.25) is 0 Å². The second kappa shape index (κ2) is 4.00. The fraction of sp³-hybridized carbons (Fsp3) is 0.200. The number of hydrogen-bond acceptors (Lipinski definition) is 3. The van der Waals surface area contributed by atoms with E-state index in [9.17, 15) is 4.79 Å². The SMILES string of the molecule is CCOc1nn(-c2ccccc2)c(=O)[nH]1. The highest BCUT2D eigenvalue weighted by Gasteiger charge is 2.06. The number of benzene rings is 1. The molecule has 1 aromatic carbocycles. The lowest BCUT2D eigenvalue weighted by Gasteiger charge is -1.97. The molecule has 78 valence electrons. The van der Waals surface area contributed by atoms with Crippen molar-refractivity contribution in [2.24, 2.45) is 0 Å². The number of para-hydroxylation sites is 1. The molecule has 0 saturated heterocycles. The van der Waals surface area contributed by atoms with Gasteiger partial charge in [0.2, 0.25) is 0 Å². The number of H-pyrrole nitrogens is 1. The van der Waals surface area contributed by atoms with Crippen molar-refractivity contribution in [3.05, 3.63) is 40.8 Å².